The predicted molar refractivity (Wildman–Crippen MR) is 141 cm³/mol. The van der Waals surface area contributed by atoms with Crippen LogP contribution in [0.4, 0.5) is 19.3 Å². The van der Waals surface area contributed by atoms with Gasteiger partial charge < -0.3 is 4.74 Å². The summed E-state index contributed by atoms with van der Waals surface area (Å²) in [5, 5.41) is 0. The number of amides is 1. The van der Waals surface area contributed by atoms with Crippen molar-refractivity contribution in [1.29, 1.82) is 0 Å². The van der Waals surface area contributed by atoms with Crippen molar-refractivity contribution in [1.82, 2.24) is 4.90 Å². The zero-order chi connectivity index (χ0) is 27.6. The Kier molecular flexibility index (Phi) is 7.60. The number of hydrogen-bond donors (Lipinski definition) is 0. The lowest BCUT2D eigenvalue weighted by Gasteiger charge is -2.37. The molecule has 1 spiro atoms. The number of hydrogen-bond acceptors (Lipinski definition) is 5. The molecule has 3 aromatic carbocycles. The van der Waals surface area contributed by atoms with Crippen molar-refractivity contribution >= 4 is 17.9 Å². The molecule has 2 aliphatic heterocycles. The van der Waals surface area contributed by atoms with E-state index in [1.54, 1.807) is 11.0 Å². The van der Waals surface area contributed by atoms with Crippen molar-refractivity contribution < 1.29 is 27.9 Å². The number of aryl methyl sites for hydroxylation is 1. The molecular weight excluding hydrogens is 502 g/mol. The van der Waals surface area contributed by atoms with E-state index in [4.69, 9.17) is 14.3 Å². The van der Waals surface area contributed by atoms with Crippen LogP contribution >= 0.6 is 0 Å². The second-order valence-electron chi connectivity index (χ2n) is 10.6. The summed E-state index contributed by atoms with van der Waals surface area (Å²) >= 11 is 0. The first-order chi connectivity index (χ1) is 18.8. The lowest BCUT2D eigenvalue weighted by Crippen LogP contribution is -2.46. The quantitative estimate of drug-likeness (QED) is 0.390. The molecule has 8 heteroatoms. The second kappa shape index (κ2) is 11.1. The third-order valence-electron chi connectivity index (χ3n) is 7.86. The van der Waals surface area contributed by atoms with Gasteiger partial charge in [-0.1, -0.05) is 36.4 Å². The van der Waals surface area contributed by atoms with Crippen LogP contribution in [0.1, 0.15) is 48.3 Å². The van der Waals surface area contributed by atoms with E-state index in [9.17, 15) is 13.6 Å². The van der Waals surface area contributed by atoms with E-state index in [-0.39, 0.29) is 12.2 Å². The number of ether oxygens (including phenoxy) is 1. The summed E-state index contributed by atoms with van der Waals surface area (Å²) in [7, 11) is 0. The van der Waals surface area contributed by atoms with Crippen molar-refractivity contribution in [2.24, 2.45) is 0 Å². The Labute approximate surface area is 226 Å². The molecule has 0 unspecified atom stereocenters. The van der Waals surface area contributed by atoms with Gasteiger partial charge in [-0.15, -0.1) is 0 Å². The average Bonchev–Trinajstić information content (AvgIpc) is 3.72. The summed E-state index contributed by atoms with van der Waals surface area (Å²) in [5.74, 6) is -1.14. The summed E-state index contributed by atoms with van der Waals surface area (Å²) < 4.78 is 33.4. The van der Waals surface area contributed by atoms with Gasteiger partial charge in [-0.25, -0.2) is 13.6 Å². The Morgan fingerprint density at radius 3 is 2.31 bits per heavy atom. The molecule has 0 bridgehead atoms. The summed E-state index contributed by atoms with van der Waals surface area (Å²) in [6, 6.07) is 18.4. The SMILES string of the molecule is Cc1cc(CN2CCC3(CC2)CN(c2ccccc2)C(=O)O3)cc(C2CC2)c1-c1ccc(F)c(F)c1.O=C=O. The van der Waals surface area contributed by atoms with Crippen LogP contribution in [-0.2, 0) is 20.9 Å². The van der Waals surface area contributed by atoms with Gasteiger partial charge in [0.05, 0.1) is 6.54 Å². The molecule has 3 fully saturated rings. The number of benzene rings is 3. The number of likely N-dealkylation sites (tertiary alicyclic amines) is 1. The fraction of sp³-hybridized carbons (Fsp3) is 0.355. The van der Waals surface area contributed by atoms with E-state index < -0.39 is 17.2 Å². The number of halogens is 2. The molecular formula is C31H30F2N2O4. The molecule has 1 aliphatic carbocycles. The molecule has 0 aromatic heterocycles. The second-order valence-corrected chi connectivity index (χ2v) is 10.6. The number of rotatable bonds is 5. The largest absolute Gasteiger partial charge is 0.441 e. The summed E-state index contributed by atoms with van der Waals surface area (Å²) in [5.41, 5.74) is 5.82. The van der Waals surface area contributed by atoms with E-state index in [1.165, 1.54) is 23.3 Å². The minimum atomic E-state index is -0.816. The minimum Gasteiger partial charge on any atom is -0.441 e. The number of piperidine rings is 1. The zero-order valence-electron chi connectivity index (χ0n) is 21.8. The van der Waals surface area contributed by atoms with E-state index in [2.05, 4.69) is 24.0 Å². The van der Waals surface area contributed by atoms with Gasteiger partial charge in [-0.2, -0.15) is 9.59 Å². The molecule has 202 valence electrons. The average molecular weight is 533 g/mol. The smallest absolute Gasteiger partial charge is 0.415 e. The van der Waals surface area contributed by atoms with Crippen LogP contribution in [0.15, 0.2) is 60.7 Å². The van der Waals surface area contributed by atoms with E-state index in [1.807, 2.05) is 30.3 Å². The Hall–Kier alpha value is -3.87. The highest BCUT2D eigenvalue weighted by molar-refractivity contribution is 5.90. The van der Waals surface area contributed by atoms with Gasteiger partial charge in [-0.3, -0.25) is 9.80 Å². The van der Waals surface area contributed by atoms with Gasteiger partial charge in [0, 0.05) is 38.2 Å². The van der Waals surface area contributed by atoms with Crippen LogP contribution in [-0.4, -0.2) is 42.4 Å². The molecule has 2 heterocycles. The Morgan fingerprint density at radius 2 is 1.67 bits per heavy atom. The third-order valence-corrected chi connectivity index (χ3v) is 7.86. The Morgan fingerprint density at radius 1 is 0.974 bits per heavy atom. The van der Waals surface area contributed by atoms with Crippen LogP contribution in [0, 0.1) is 18.6 Å². The van der Waals surface area contributed by atoms with Gasteiger partial charge in [0.15, 0.2) is 11.6 Å². The molecule has 1 saturated carbocycles. The van der Waals surface area contributed by atoms with Gasteiger partial charge in [0.2, 0.25) is 0 Å². The van der Waals surface area contributed by atoms with Gasteiger partial charge in [0.25, 0.3) is 0 Å². The lowest BCUT2D eigenvalue weighted by atomic mass is 9.89. The number of carbonyl (C=O) groups excluding carboxylic acids is 3. The Balaban J connectivity index is 0.000000983. The Bertz CT molecular complexity index is 1390. The molecule has 39 heavy (non-hydrogen) atoms. The van der Waals surface area contributed by atoms with Crippen molar-refractivity contribution in [3.8, 4) is 11.1 Å². The van der Waals surface area contributed by atoms with Crippen molar-refractivity contribution in [2.45, 2.75) is 50.7 Å². The molecule has 1 amide bonds. The van der Waals surface area contributed by atoms with E-state index in [0.29, 0.717) is 12.5 Å². The maximum Gasteiger partial charge on any atom is 0.415 e. The van der Waals surface area contributed by atoms with Crippen molar-refractivity contribution in [3.63, 3.8) is 0 Å². The molecule has 3 aliphatic rings. The fourth-order valence-corrected chi connectivity index (χ4v) is 5.81. The molecule has 6 rings (SSSR count). The van der Waals surface area contributed by atoms with Crippen LogP contribution in [0.5, 0.6) is 0 Å². The number of nitrogens with zero attached hydrogens (tertiary/aromatic N) is 2. The normalized spacial score (nSPS) is 18.3. The molecule has 6 nitrogen and oxygen atoms in total. The van der Waals surface area contributed by atoms with Crippen LogP contribution in [0.2, 0.25) is 0 Å². The van der Waals surface area contributed by atoms with Gasteiger partial charge in [0.1, 0.15) is 5.60 Å². The van der Waals surface area contributed by atoms with Gasteiger partial charge in [-0.05, 0) is 77.8 Å². The van der Waals surface area contributed by atoms with Crippen LogP contribution < -0.4 is 4.90 Å². The first kappa shape index (κ1) is 26.7. The fourth-order valence-electron chi connectivity index (χ4n) is 5.81. The molecule has 0 radical (unpaired) electrons. The minimum absolute atomic E-state index is 0.250. The first-order valence-electron chi connectivity index (χ1n) is 13.2. The molecule has 0 atom stereocenters. The molecule has 3 aromatic rings. The van der Waals surface area contributed by atoms with Crippen molar-refractivity contribution in [3.05, 3.63) is 89.0 Å². The van der Waals surface area contributed by atoms with Crippen LogP contribution in [0.25, 0.3) is 11.1 Å². The number of carbonyl (C=O) groups is 1. The van der Waals surface area contributed by atoms with E-state index >= 15 is 0 Å². The predicted octanol–water partition coefficient (Wildman–Crippen LogP) is 6.23. The lowest BCUT2D eigenvalue weighted by molar-refractivity contribution is -0.191. The summed E-state index contributed by atoms with van der Waals surface area (Å²) in [4.78, 5) is 33.0. The van der Waals surface area contributed by atoms with Gasteiger partial charge >= 0.3 is 12.2 Å². The topological polar surface area (TPSA) is 66.9 Å². The highest BCUT2D eigenvalue weighted by Crippen LogP contribution is 2.46. The zero-order valence-corrected chi connectivity index (χ0v) is 21.8. The summed E-state index contributed by atoms with van der Waals surface area (Å²) in [6.45, 7) is 5.20. The van der Waals surface area contributed by atoms with Crippen LogP contribution in [0.3, 0.4) is 0 Å². The molecule has 2 saturated heterocycles. The highest BCUT2D eigenvalue weighted by Gasteiger charge is 2.47. The first-order valence-corrected chi connectivity index (χ1v) is 13.2. The summed E-state index contributed by atoms with van der Waals surface area (Å²) in [6.07, 6.45) is 3.88. The number of para-hydroxylation sites is 1. The standard InChI is InChI=1S/C30H30F2N2O2.CO2/c1-20-15-21(16-25(22-7-8-22)28(20)23-9-10-26(31)27(32)17-23)18-33-13-11-30(12-14-33)19-34(29(35)36-30)24-5-3-2-4-6-24;2-1-3/h2-6,9-10,15-17,22H,7-8,11-14,18-19H2,1H3;. The maximum atomic E-state index is 14.0. The monoisotopic (exact) mass is 532 g/mol. The maximum absolute atomic E-state index is 14.0. The number of anilines is 1. The highest BCUT2D eigenvalue weighted by atomic mass is 19.2. The van der Waals surface area contributed by atoms with Crippen molar-refractivity contribution in [2.75, 3.05) is 24.5 Å². The molecule has 0 N–H and O–H groups in total. The van der Waals surface area contributed by atoms with E-state index in [0.717, 1.165) is 67.7 Å². The third kappa shape index (κ3) is 5.77.